The van der Waals surface area contributed by atoms with Gasteiger partial charge in [0.05, 0.1) is 17.9 Å². The summed E-state index contributed by atoms with van der Waals surface area (Å²) in [4.78, 5) is 0.312. The number of aromatic nitrogens is 2. The Morgan fingerprint density at radius 1 is 1.24 bits per heavy atom. The number of sulfonamides is 1. The highest BCUT2D eigenvalue weighted by molar-refractivity contribution is 7.89. The SMILES string of the molecule is CCC(C)(CC)NS(=O)(=O)c1c(C)nn(CCNC)c1C. The van der Waals surface area contributed by atoms with Crippen molar-refractivity contribution in [2.24, 2.45) is 0 Å². The van der Waals surface area contributed by atoms with E-state index in [1.54, 1.807) is 18.5 Å². The van der Waals surface area contributed by atoms with Crippen molar-refractivity contribution in [1.82, 2.24) is 19.8 Å². The summed E-state index contributed by atoms with van der Waals surface area (Å²) in [6.45, 7) is 10.9. The smallest absolute Gasteiger partial charge is 0.244 e. The van der Waals surface area contributed by atoms with E-state index in [0.29, 0.717) is 22.8 Å². The first-order valence-electron chi connectivity index (χ1n) is 7.43. The zero-order valence-corrected chi connectivity index (χ0v) is 14.8. The van der Waals surface area contributed by atoms with Gasteiger partial charge < -0.3 is 5.32 Å². The van der Waals surface area contributed by atoms with Crippen molar-refractivity contribution in [2.75, 3.05) is 13.6 Å². The van der Waals surface area contributed by atoms with Gasteiger partial charge in [-0.15, -0.1) is 0 Å². The van der Waals surface area contributed by atoms with Crippen molar-refractivity contribution in [3.63, 3.8) is 0 Å². The molecule has 0 saturated carbocycles. The van der Waals surface area contributed by atoms with Gasteiger partial charge in [0.15, 0.2) is 0 Å². The van der Waals surface area contributed by atoms with Gasteiger partial charge in [-0.05, 0) is 40.7 Å². The molecule has 1 rings (SSSR count). The maximum atomic E-state index is 12.7. The second kappa shape index (κ2) is 6.89. The fourth-order valence-corrected chi connectivity index (χ4v) is 4.24. The van der Waals surface area contributed by atoms with Crippen LogP contribution in [0.3, 0.4) is 0 Å². The molecule has 0 atom stereocenters. The number of aryl methyl sites for hydroxylation is 1. The molecule has 0 saturated heterocycles. The largest absolute Gasteiger partial charge is 0.318 e. The maximum Gasteiger partial charge on any atom is 0.244 e. The van der Waals surface area contributed by atoms with Crippen LogP contribution in [0, 0.1) is 13.8 Å². The average molecular weight is 316 g/mol. The minimum atomic E-state index is -3.56. The topological polar surface area (TPSA) is 76.0 Å². The summed E-state index contributed by atoms with van der Waals surface area (Å²) in [7, 11) is -1.70. The lowest BCUT2D eigenvalue weighted by atomic mass is 9.98. The number of rotatable bonds is 8. The normalized spacial score (nSPS) is 12.9. The van der Waals surface area contributed by atoms with Gasteiger partial charge in [-0.2, -0.15) is 5.10 Å². The highest BCUT2D eigenvalue weighted by atomic mass is 32.2. The van der Waals surface area contributed by atoms with Crippen LogP contribution in [0.25, 0.3) is 0 Å². The minimum Gasteiger partial charge on any atom is -0.318 e. The predicted molar refractivity (Wildman–Crippen MR) is 84.9 cm³/mol. The summed E-state index contributed by atoms with van der Waals surface area (Å²) in [6, 6.07) is 0. The number of nitrogens with zero attached hydrogens (tertiary/aromatic N) is 2. The molecule has 0 bridgehead atoms. The van der Waals surface area contributed by atoms with E-state index in [2.05, 4.69) is 15.1 Å². The van der Waals surface area contributed by atoms with Crippen LogP contribution >= 0.6 is 0 Å². The Kier molecular flexibility index (Phi) is 5.95. The molecule has 0 aliphatic carbocycles. The third-order valence-electron chi connectivity index (χ3n) is 4.10. The molecule has 2 N–H and O–H groups in total. The zero-order valence-electron chi connectivity index (χ0n) is 13.9. The predicted octanol–water partition coefficient (Wildman–Crippen LogP) is 1.58. The molecule has 1 aromatic rings. The molecule has 1 aromatic heterocycles. The van der Waals surface area contributed by atoms with Crippen LogP contribution in [0.5, 0.6) is 0 Å². The Hall–Kier alpha value is -0.920. The van der Waals surface area contributed by atoms with E-state index < -0.39 is 15.6 Å². The molecule has 122 valence electrons. The van der Waals surface area contributed by atoms with E-state index in [4.69, 9.17) is 0 Å². The van der Waals surface area contributed by atoms with Crippen LogP contribution < -0.4 is 10.0 Å². The molecule has 0 fully saturated rings. The first-order chi connectivity index (χ1) is 9.70. The summed E-state index contributed by atoms with van der Waals surface area (Å²) >= 11 is 0. The zero-order chi connectivity index (χ0) is 16.3. The van der Waals surface area contributed by atoms with Crippen LogP contribution in [0.2, 0.25) is 0 Å². The van der Waals surface area contributed by atoms with Crippen LogP contribution in [-0.2, 0) is 16.6 Å². The van der Waals surface area contributed by atoms with Crippen molar-refractivity contribution in [3.05, 3.63) is 11.4 Å². The van der Waals surface area contributed by atoms with E-state index >= 15 is 0 Å². The van der Waals surface area contributed by atoms with E-state index in [1.165, 1.54) is 0 Å². The van der Waals surface area contributed by atoms with Gasteiger partial charge in [0.1, 0.15) is 4.90 Å². The first kappa shape index (κ1) is 18.1. The lowest BCUT2D eigenvalue weighted by Crippen LogP contribution is -2.45. The number of likely N-dealkylation sites (N-methyl/N-ethyl adjacent to an activating group) is 1. The Balaban J connectivity index is 3.17. The molecule has 0 aliphatic rings. The van der Waals surface area contributed by atoms with Crippen LogP contribution in [0.4, 0.5) is 0 Å². The van der Waals surface area contributed by atoms with E-state index in [0.717, 1.165) is 19.4 Å². The highest BCUT2D eigenvalue weighted by Crippen LogP contribution is 2.23. The van der Waals surface area contributed by atoms with Crippen LogP contribution in [0.15, 0.2) is 4.90 Å². The number of hydrogen-bond acceptors (Lipinski definition) is 4. The molecule has 0 aliphatic heterocycles. The molecule has 1 heterocycles. The summed E-state index contributed by atoms with van der Waals surface area (Å²) in [5, 5.41) is 7.39. The van der Waals surface area contributed by atoms with Crippen molar-refractivity contribution in [2.45, 2.75) is 64.4 Å². The van der Waals surface area contributed by atoms with Crippen LogP contribution in [0.1, 0.15) is 45.0 Å². The molecular formula is C14H28N4O2S. The van der Waals surface area contributed by atoms with Gasteiger partial charge in [0.25, 0.3) is 0 Å². The molecular weight excluding hydrogens is 288 g/mol. The van der Waals surface area contributed by atoms with Gasteiger partial charge >= 0.3 is 0 Å². The molecule has 6 nitrogen and oxygen atoms in total. The lowest BCUT2D eigenvalue weighted by Gasteiger charge is -2.27. The average Bonchev–Trinajstić information content (AvgIpc) is 2.71. The molecule has 0 aromatic carbocycles. The molecule has 0 amide bonds. The lowest BCUT2D eigenvalue weighted by molar-refractivity contribution is 0.388. The van der Waals surface area contributed by atoms with Gasteiger partial charge in [-0.25, -0.2) is 13.1 Å². The van der Waals surface area contributed by atoms with E-state index in [-0.39, 0.29) is 0 Å². The molecule has 0 unspecified atom stereocenters. The van der Waals surface area contributed by atoms with Crippen molar-refractivity contribution < 1.29 is 8.42 Å². The van der Waals surface area contributed by atoms with Gasteiger partial charge in [0.2, 0.25) is 10.0 Å². The second-order valence-electron chi connectivity index (χ2n) is 5.70. The quantitative estimate of drug-likeness (QED) is 0.763. The fraction of sp³-hybridized carbons (Fsp3) is 0.786. The second-order valence-corrected chi connectivity index (χ2v) is 7.32. The molecule has 0 spiro atoms. The first-order valence-corrected chi connectivity index (χ1v) is 8.91. The number of nitrogens with one attached hydrogen (secondary N) is 2. The molecule has 21 heavy (non-hydrogen) atoms. The Morgan fingerprint density at radius 3 is 2.29 bits per heavy atom. The highest BCUT2D eigenvalue weighted by Gasteiger charge is 2.31. The van der Waals surface area contributed by atoms with Crippen LogP contribution in [-0.4, -0.2) is 37.3 Å². The third kappa shape index (κ3) is 4.05. The molecule has 7 heteroatoms. The Bertz CT molecular complexity index is 574. The minimum absolute atomic E-state index is 0.312. The number of hydrogen-bond donors (Lipinski definition) is 2. The van der Waals surface area contributed by atoms with Gasteiger partial charge in [0, 0.05) is 12.1 Å². The van der Waals surface area contributed by atoms with E-state index in [9.17, 15) is 8.42 Å². The summed E-state index contributed by atoms with van der Waals surface area (Å²) < 4.78 is 30.0. The van der Waals surface area contributed by atoms with E-state index in [1.807, 2.05) is 27.8 Å². The maximum absolute atomic E-state index is 12.7. The van der Waals surface area contributed by atoms with Crippen molar-refractivity contribution in [3.8, 4) is 0 Å². The van der Waals surface area contributed by atoms with Crippen molar-refractivity contribution in [1.29, 1.82) is 0 Å². The van der Waals surface area contributed by atoms with Crippen molar-refractivity contribution >= 4 is 10.0 Å². The standard InChI is InChI=1S/C14H28N4O2S/c1-7-14(5,8-2)17-21(19,20)13-11(3)16-18(12(13)4)10-9-15-6/h15,17H,7-10H2,1-6H3. The molecule has 0 radical (unpaired) electrons. The summed E-state index contributed by atoms with van der Waals surface area (Å²) in [5.41, 5.74) is 0.806. The van der Waals surface area contributed by atoms with Gasteiger partial charge in [-0.3, -0.25) is 4.68 Å². The summed E-state index contributed by atoms with van der Waals surface area (Å²) in [5.74, 6) is 0. The monoisotopic (exact) mass is 316 g/mol. The third-order valence-corrected chi connectivity index (χ3v) is 5.99. The summed E-state index contributed by atoms with van der Waals surface area (Å²) in [6.07, 6.45) is 1.49. The Morgan fingerprint density at radius 2 is 1.81 bits per heavy atom. The van der Waals surface area contributed by atoms with Gasteiger partial charge in [-0.1, -0.05) is 13.8 Å². The fourth-order valence-electron chi connectivity index (χ4n) is 2.27. The Labute approximate surface area is 128 Å².